The molecule has 0 fully saturated rings. The van der Waals surface area contributed by atoms with Crippen molar-refractivity contribution in [3.8, 4) is 0 Å². The van der Waals surface area contributed by atoms with Gasteiger partial charge in [0.2, 0.25) is 0 Å². The first kappa shape index (κ1) is 17.0. The van der Waals surface area contributed by atoms with Gasteiger partial charge < -0.3 is 4.74 Å². The number of carbonyl (C=O) groups excluding carboxylic acids is 2. The molecule has 0 saturated carbocycles. The summed E-state index contributed by atoms with van der Waals surface area (Å²) < 4.78 is 6.73. The van der Waals surface area contributed by atoms with Gasteiger partial charge in [-0.3, -0.25) is 10.1 Å². The van der Waals surface area contributed by atoms with Gasteiger partial charge in [-0.1, -0.05) is 16.6 Å². The van der Waals surface area contributed by atoms with Crippen LogP contribution in [0.15, 0.2) is 18.2 Å². The number of rotatable bonds is 5. The molecule has 0 saturated heterocycles. The molecule has 8 nitrogen and oxygen atoms in total. The fraction of sp³-hybridized carbons (Fsp3) is 0.312. The average Bonchev–Trinajstić information content (AvgIpc) is 3.17. The lowest BCUT2D eigenvalue weighted by atomic mass is 10.2. The molecule has 0 atom stereocenters. The molecule has 0 aliphatic heterocycles. The molecule has 2 heterocycles. The van der Waals surface area contributed by atoms with Crippen molar-refractivity contribution in [2.75, 3.05) is 11.9 Å². The first-order valence-corrected chi connectivity index (χ1v) is 8.64. The molecule has 1 N–H and O–H groups in total. The molecular formula is C16H17N5O3S. The third-order valence-electron chi connectivity index (χ3n) is 3.55. The number of fused-ring (bicyclic) bond motifs is 1. The second-order valence-corrected chi connectivity index (χ2v) is 6.22. The predicted octanol–water partition coefficient (Wildman–Crippen LogP) is 2.65. The largest absolute Gasteiger partial charge is 0.462 e. The Morgan fingerprint density at radius 3 is 2.84 bits per heavy atom. The number of anilines is 1. The number of thiazole rings is 1. The summed E-state index contributed by atoms with van der Waals surface area (Å²) in [6.45, 7) is 6.41. The second kappa shape index (κ2) is 6.98. The van der Waals surface area contributed by atoms with Crippen molar-refractivity contribution in [3.05, 3.63) is 34.3 Å². The SMILES string of the molecule is CCOC(=O)c1sc(NC(=O)c2ccc3c(c2)nnn3CC)nc1C. The number of ether oxygens (including phenoxy) is 1. The van der Waals surface area contributed by atoms with Crippen molar-refractivity contribution >= 4 is 39.4 Å². The minimum Gasteiger partial charge on any atom is -0.462 e. The highest BCUT2D eigenvalue weighted by Crippen LogP contribution is 2.24. The fourth-order valence-electron chi connectivity index (χ4n) is 2.35. The Hall–Kier alpha value is -2.81. The maximum absolute atomic E-state index is 12.4. The van der Waals surface area contributed by atoms with Crippen LogP contribution in [0.3, 0.4) is 0 Å². The summed E-state index contributed by atoms with van der Waals surface area (Å²) in [6.07, 6.45) is 0. The molecule has 3 rings (SSSR count). The number of carbonyl (C=O) groups is 2. The molecule has 25 heavy (non-hydrogen) atoms. The maximum atomic E-state index is 12.4. The maximum Gasteiger partial charge on any atom is 0.350 e. The Morgan fingerprint density at radius 1 is 1.32 bits per heavy atom. The first-order valence-electron chi connectivity index (χ1n) is 7.82. The highest BCUT2D eigenvalue weighted by atomic mass is 32.1. The van der Waals surface area contributed by atoms with Gasteiger partial charge in [-0.25, -0.2) is 14.5 Å². The van der Waals surface area contributed by atoms with E-state index in [2.05, 4.69) is 20.6 Å². The Kier molecular flexibility index (Phi) is 4.75. The van der Waals surface area contributed by atoms with Gasteiger partial charge >= 0.3 is 5.97 Å². The topological polar surface area (TPSA) is 99.0 Å². The van der Waals surface area contributed by atoms with Crippen LogP contribution >= 0.6 is 11.3 Å². The van der Waals surface area contributed by atoms with Gasteiger partial charge in [-0.05, 0) is 39.0 Å². The molecule has 130 valence electrons. The van der Waals surface area contributed by atoms with E-state index in [1.165, 1.54) is 0 Å². The summed E-state index contributed by atoms with van der Waals surface area (Å²) in [5.41, 5.74) is 2.49. The lowest BCUT2D eigenvalue weighted by Gasteiger charge is -2.02. The number of hydrogen-bond acceptors (Lipinski definition) is 7. The van der Waals surface area contributed by atoms with Gasteiger partial charge in [0, 0.05) is 12.1 Å². The minimum absolute atomic E-state index is 0.288. The van der Waals surface area contributed by atoms with Crippen molar-refractivity contribution in [2.45, 2.75) is 27.3 Å². The zero-order valence-electron chi connectivity index (χ0n) is 14.1. The van der Waals surface area contributed by atoms with Gasteiger partial charge in [0.15, 0.2) is 5.13 Å². The summed E-state index contributed by atoms with van der Waals surface area (Å²) in [7, 11) is 0. The van der Waals surface area contributed by atoms with E-state index in [9.17, 15) is 9.59 Å². The lowest BCUT2D eigenvalue weighted by Crippen LogP contribution is -2.11. The number of nitrogens with zero attached hydrogens (tertiary/aromatic N) is 4. The third-order valence-corrected chi connectivity index (χ3v) is 4.61. The Balaban J connectivity index is 1.80. The smallest absolute Gasteiger partial charge is 0.350 e. The molecule has 0 spiro atoms. The van der Waals surface area contributed by atoms with Crippen molar-refractivity contribution in [1.29, 1.82) is 0 Å². The van der Waals surface area contributed by atoms with E-state index in [0.717, 1.165) is 16.9 Å². The number of aryl methyl sites for hydroxylation is 2. The number of hydrogen-bond donors (Lipinski definition) is 1. The number of esters is 1. The van der Waals surface area contributed by atoms with Crippen LogP contribution in [0, 0.1) is 6.92 Å². The van der Waals surface area contributed by atoms with Gasteiger partial charge in [-0.2, -0.15) is 0 Å². The summed E-state index contributed by atoms with van der Waals surface area (Å²) >= 11 is 1.09. The van der Waals surface area contributed by atoms with E-state index in [1.54, 1.807) is 30.7 Å². The van der Waals surface area contributed by atoms with E-state index < -0.39 is 5.97 Å². The van der Waals surface area contributed by atoms with E-state index in [1.807, 2.05) is 13.0 Å². The number of amides is 1. The predicted molar refractivity (Wildman–Crippen MR) is 94.0 cm³/mol. The molecule has 9 heteroatoms. The van der Waals surface area contributed by atoms with Crippen molar-refractivity contribution in [2.24, 2.45) is 0 Å². The zero-order valence-corrected chi connectivity index (χ0v) is 14.9. The molecule has 0 aliphatic rings. The van der Waals surface area contributed by atoms with Crippen molar-refractivity contribution in [1.82, 2.24) is 20.0 Å². The van der Waals surface area contributed by atoms with Gasteiger partial charge in [0.05, 0.1) is 17.8 Å². The molecular weight excluding hydrogens is 342 g/mol. The van der Waals surface area contributed by atoms with Crippen LogP contribution in [0.5, 0.6) is 0 Å². The molecule has 1 amide bonds. The average molecular weight is 359 g/mol. The summed E-state index contributed by atoms with van der Waals surface area (Å²) in [5, 5.41) is 11.1. The normalized spacial score (nSPS) is 10.8. The van der Waals surface area contributed by atoms with Crippen LogP contribution in [0.2, 0.25) is 0 Å². The quantitative estimate of drug-likeness (QED) is 0.703. The zero-order chi connectivity index (χ0) is 18.0. The monoisotopic (exact) mass is 359 g/mol. The van der Waals surface area contributed by atoms with Crippen LogP contribution in [-0.4, -0.2) is 38.5 Å². The standard InChI is InChI=1S/C16H17N5O3S/c1-4-21-12-7-6-10(8-11(12)19-20-21)14(22)18-16-17-9(3)13(25-16)15(23)24-5-2/h6-8H,4-5H2,1-3H3,(H,17,18,22). The van der Waals surface area contributed by atoms with Crippen molar-refractivity contribution in [3.63, 3.8) is 0 Å². The summed E-state index contributed by atoms with van der Waals surface area (Å²) in [6, 6.07) is 5.20. The number of nitrogens with one attached hydrogen (secondary N) is 1. The highest BCUT2D eigenvalue weighted by molar-refractivity contribution is 7.17. The van der Waals surface area contributed by atoms with Crippen LogP contribution in [0.25, 0.3) is 11.0 Å². The highest BCUT2D eigenvalue weighted by Gasteiger charge is 2.18. The minimum atomic E-state index is -0.435. The summed E-state index contributed by atoms with van der Waals surface area (Å²) in [4.78, 5) is 28.9. The van der Waals surface area contributed by atoms with Crippen LogP contribution in [0.1, 0.15) is 39.6 Å². The summed E-state index contributed by atoms with van der Waals surface area (Å²) in [5.74, 6) is -0.757. The number of benzene rings is 1. The van der Waals surface area contributed by atoms with E-state index in [4.69, 9.17) is 4.74 Å². The third kappa shape index (κ3) is 3.36. The van der Waals surface area contributed by atoms with Crippen LogP contribution in [-0.2, 0) is 11.3 Å². The lowest BCUT2D eigenvalue weighted by molar-refractivity contribution is 0.0531. The fourth-order valence-corrected chi connectivity index (χ4v) is 3.21. The van der Waals surface area contributed by atoms with Crippen LogP contribution < -0.4 is 5.32 Å². The molecule has 1 aromatic carbocycles. The van der Waals surface area contributed by atoms with Gasteiger partial charge in [-0.15, -0.1) is 5.10 Å². The number of aromatic nitrogens is 4. The molecule has 0 aliphatic carbocycles. The first-order chi connectivity index (χ1) is 12.0. The van der Waals surface area contributed by atoms with E-state index in [-0.39, 0.29) is 12.5 Å². The molecule has 0 bridgehead atoms. The van der Waals surface area contributed by atoms with Gasteiger partial charge in [0.1, 0.15) is 10.4 Å². The molecule has 2 aromatic heterocycles. The molecule has 0 unspecified atom stereocenters. The Morgan fingerprint density at radius 2 is 2.12 bits per heavy atom. The van der Waals surface area contributed by atoms with Crippen LogP contribution in [0.4, 0.5) is 5.13 Å². The van der Waals surface area contributed by atoms with Gasteiger partial charge in [0.25, 0.3) is 5.91 Å². The van der Waals surface area contributed by atoms with E-state index >= 15 is 0 Å². The molecule has 3 aromatic rings. The Bertz CT molecular complexity index is 947. The Labute approximate surface area is 147 Å². The second-order valence-electron chi connectivity index (χ2n) is 5.22. The van der Waals surface area contributed by atoms with E-state index in [0.29, 0.717) is 33.3 Å². The molecule has 0 radical (unpaired) electrons. The van der Waals surface area contributed by atoms with Crippen molar-refractivity contribution < 1.29 is 14.3 Å².